The minimum atomic E-state index is 0.227. The van der Waals surface area contributed by atoms with Crippen molar-refractivity contribution in [1.29, 1.82) is 0 Å². The maximum atomic E-state index is 10.9. The van der Waals surface area contributed by atoms with Crippen LogP contribution in [0.15, 0.2) is 18.5 Å². The van der Waals surface area contributed by atoms with Gasteiger partial charge >= 0.3 is 5.95 Å². The number of rotatable bonds is 2. The van der Waals surface area contributed by atoms with Crippen LogP contribution in [0.2, 0.25) is 0 Å². The quantitative estimate of drug-likeness (QED) is 0.498. The molecule has 0 aliphatic heterocycles. The number of anilines is 1. The first-order valence-corrected chi connectivity index (χ1v) is 3.51. The Bertz CT molecular complexity index is 237. The second-order valence-corrected chi connectivity index (χ2v) is 2.57. The van der Waals surface area contributed by atoms with Gasteiger partial charge in [-0.05, 0) is 13.8 Å². The fraction of sp³-hybridized carbons (Fsp3) is 0.429. The van der Waals surface area contributed by atoms with Gasteiger partial charge in [0, 0.05) is 6.07 Å². The Kier molecular flexibility index (Phi) is 2.25. The van der Waals surface area contributed by atoms with Crippen molar-refractivity contribution in [3.8, 4) is 0 Å². The number of aromatic nitrogens is 2. The van der Waals surface area contributed by atoms with Gasteiger partial charge in [-0.3, -0.25) is 5.32 Å². The van der Waals surface area contributed by atoms with Gasteiger partial charge in [-0.1, -0.05) is 4.98 Å². The largest absolute Gasteiger partial charge is 0.740 e. The average Bonchev–Trinajstić information content (AvgIpc) is 1.93. The topological polar surface area (TPSA) is 51.9 Å². The van der Waals surface area contributed by atoms with Crippen LogP contribution >= 0.6 is 0 Å². The van der Waals surface area contributed by atoms with Crippen LogP contribution in [0.1, 0.15) is 13.8 Å². The van der Waals surface area contributed by atoms with Crippen molar-refractivity contribution in [3.63, 3.8) is 0 Å². The van der Waals surface area contributed by atoms with Gasteiger partial charge in [0.2, 0.25) is 0 Å². The monoisotopic (exact) mass is 153 g/mol. The van der Waals surface area contributed by atoms with Crippen LogP contribution in [-0.2, 0) is 0 Å². The van der Waals surface area contributed by atoms with E-state index < -0.39 is 0 Å². The smallest absolute Gasteiger partial charge is 0.392 e. The normalized spacial score (nSPS) is 10.1. The lowest BCUT2D eigenvalue weighted by Gasteiger charge is -2.08. The van der Waals surface area contributed by atoms with Gasteiger partial charge in [-0.15, -0.1) is 0 Å². The number of nitrogens with one attached hydrogen (secondary N) is 1. The van der Waals surface area contributed by atoms with Crippen molar-refractivity contribution in [2.45, 2.75) is 19.9 Å². The highest BCUT2D eigenvalue weighted by atomic mass is 16.5. The van der Waals surface area contributed by atoms with Crippen molar-refractivity contribution < 1.29 is 4.73 Å². The van der Waals surface area contributed by atoms with Gasteiger partial charge in [-0.2, -0.15) is 0 Å². The number of hydrogen-bond donors (Lipinski definition) is 1. The van der Waals surface area contributed by atoms with Gasteiger partial charge in [0.1, 0.15) is 6.20 Å². The molecule has 1 aromatic heterocycles. The molecule has 11 heavy (non-hydrogen) atoms. The van der Waals surface area contributed by atoms with E-state index in [2.05, 4.69) is 10.3 Å². The summed E-state index contributed by atoms with van der Waals surface area (Å²) in [5.74, 6) is 0.350. The SMILES string of the molecule is CC(C)Nc1nccc[n+]1[O-]. The van der Waals surface area contributed by atoms with Gasteiger partial charge in [0.15, 0.2) is 0 Å². The van der Waals surface area contributed by atoms with Crippen molar-refractivity contribution >= 4 is 5.95 Å². The third kappa shape index (κ3) is 2.07. The predicted molar refractivity (Wildman–Crippen MR) is 42.0 cm³/mol. The minimum Gasteiger partial charge on any atom is -0.740 e. The van der Waals surface area contributed by atoms with Crippen molar-refractivity contribution in [1.82, 2.24) is 4.98 Å². The summed E-state index contributed by atoms with van der Waals surface area (Å²) in [5.41, 5.74) is 0. The summed E-state index contributed by atoms with van der Waals surface area (Å²) < 4.78 is 0.708. The molecule has 0 spiro atoms. The minimum absolute atomic E-state index is 0.227. The molecule has 4 heteroatoms. The van der Waals surface area contributed by atoms with Crippen molar-refractivity contribution in [2.75, 3.05) is 5.32 Å². The molecule has 60 valence electrons. The third-order valence-corrected chi connectivity index (χ3v) is 1.13. The highest BCUT2D eigenvalue weighted by Gasteiger charge is 2.04. The summed E-state index contributed by atoms with van der Waals surface area (Å²) in [6.45, 7) is 3.91. The Labute approximate surface area is 65.5 Å². The summed E-state index contributed by atoms with van der Waals surface area (Å²) in [5, 5.41) is 13.9. The van der Waals surface area contributed by atoms with Crippen molar-refractivity contribution in [3.05, 3.63) is 23.7 Å². The van der Waals surface area contributed by atoms with Gasteiger partial charge in [0.05, 0.1) is 12.2 Å². The predicted octanol–water partition coefficient (Wildman–Crippen LogP) is 0.535. The molecule has 0 atom stereocenters. The van der Waals surface area contributed by atoms with E-state index >= 15 is 0 Å². The molecule has 0 aliphatic rings. The standard InChI is InChI=1S/C7H11N3O/c1-6(2)9-7-8-4-3-5-10(7)11/h3-6H,1-2H3,(H,8,9). The summed E-state index contributed by atoms with van der Waals surface area (Å²) in [6, 6.07) is 1.82. The molecular formula is C7H11N3O. The first kappa shape index (κ1) is 7.78. The first-order valence-electron chi connectivity index (χ1n) is 3.51. The van der Waals surface area contributed by atoms with Gasteiger partial charge in [0.25, 0.3) is 0 Å². The second-order valence-electron chi connectivity index (χ2n) is 2.57. The van der Waals surface area contributed by atoms with E-state index in [0.29, 0.717) is 10.7 Å². The lowest BCUT2D eigenvalue weighted by Crippen LogP contribution is -2.33. The summed E-state index contributed by atoms with van der Waals surface area (Å²) >= 11 is 0. The van der Waals surface area contributed by atoms with Crippen LogP contribution in [0.3, 0.4) is 0 Å². The Morgan fingerprint density at radius 3 is 2.91 bits per heavy atom. The Morgan fingerprint density at radius 1 is 1.64 bits per heavy atom. The van der Waals surface area contributed by atoms with E-state index in [-0.39, 0.29) is 6.04 Å². The van der Waals surface area contributed by atoms with E-state index in [0.717, 1.165) is 0 Å². The maximum Gasteiger partial charge on any atom is 0.392 e. The Hall–Kier alpha value is -1.32. The van der Waals surface area contributed by atoms with Crippen LogP contribution in [0, 0.1) is 5.21 Å². The molecule has 0 aromatic carbocycles. The molecule has 1 rings (SSSR count). The van der Waals surface area contributed by atoms with E-state index in [9.17, 15) is 5.21 Å². The molecule has 0 bridgehead atoms. The Balaban J connectivity index is 2.78. The number of hydrogen-bond acceptors (Lipinski definition) is 3. The molecule has 0 saturated carbocycles. The Morgan fingerprint density at radius 2 is 2.36 bits per heavy atom. The lowest BCUT2D eigenvalue weighted by molar-refractivity contribution is -0.593. The molecule has 0 unspecified atom stereocenters. The summed E-state index contributed by atoms with van der Waals surface area (Å²) in [6.07, 6.45) is 3.00. The zero-order chi connectivity index (χ0) is 8.27. The molecule has 0 radical (unpaired) electrons. The molecule has 0 fully saturated rings. The first-order chi connectivity index (χ1) is 5.20. The van der Waals surface area contributed by atoms with Gasteiger partial charge < -0.3 is 5.21 Å². The fourth-order valence-electron chi connectivity index (χ4n) is 0.717. The van der Waals surface area contributed by atoms with Gasteiger partial charge in [-0.25, -0.2) is 4.73 Å². The highest BCUT2D eigenvalue weighted by Crippen LogP contribution is 1.93. The average molecular weight is 153 g/mol. The van der Waals surface area contributed by atoms with Crippen molar-refractivity contribution in [2.24, 2.45) is 0 Å². The highest BCUT2D eigenvalue weighted by molar-refractivity contribution is 5.16. The van der Waals surface area contributed by atoms with E-state index in [4.69, 9.17) is 0 Å². The van der Waals surface area contributed by atoms with Crippen LogP contribution in [0.25, 0.3) is 0 Å². The lowest BCUT2D eigenvalue weighted by atomic mass is 10.4. The molecule has 1 heterocycles. The summed E-state index contributed by atoms with van der Waals surface area (Å²) in [7, 11) is 0. The molecule has 0 aliphatic carbocycles. The van der Waals surface area contributed by atoms with E-state index in [1.54, 1.807) is 12.3 Å². The number of nitrogens with zero attached hydrogens (tertiary/aromatic N) is 2. The molecule has 1 N–H and O–H groups in total. The van der Waals surface area contributed by atoms with Crippen LogP contribution in [0.4, 0.5) is 5.95 Å². The third-order valence-electron chi connectivity index (χ3n) is 1.13. The molecule has 1 aromatic rings. The molecule has 0 amide bonds. The van der Waals surface area contributed by atoms with Crippen LogP contribution < -0.4 is 10.0 Å². The van der Waals surface area contributed by atoms with E-state index in [1.807, 2.05) is 13.8 Å². The second kappa shape index (κ2) is 3.18. The fourth-order valence-corrected chi connectivity index (χ4v) is 0.717. The summed E-state index contributed by atoms with van der Waals surface area (Å²) in [4.78, 5) is 3.86. The molecular weight excluding hydrogens is 142 g/mol. The van der Waals surface area contributed by atoms with E-state index in [1.165, 1.54) is 6.20 Å². The zero-order valence-electron chi connectivity index (χ0n) is 6.61. The maximum absolute atomic E-state index is 10.9. The molecule has 0 saturated heterocycles. The molecule has 4 nitrogen and oxygen atoms in total. The van der Waals surface area contributed by atoms with Crippen LogP contribution in [0.5, 0.6) is 0 Å². The van der Waals surface area contributed by atoms with Crippen LogP contribution in [-0.4, -0.2) is 11.0 Å². The zero-order valence-corrected chi connectivity index (χ0v) is 6.61.